The molecule has 0 bridgehead atoms. The Labute approximate surface area is 203 Å². The minimum absolute atomic E-state index is 0.0461. The van der Waals surface area contributed by atoms with E-state index in [2.05, 4.69) is 36.8 Å². The summed E-state index contributed by atoms with van der Waals surface area (Å²) in [6.45, 7) is 13.7. The molecule has 2 atom stereocenters. The lowest BCUT2D eigenvalue weighted by Crippen LogP contribution is -2.53. The van der Waals surface area contributed by atoms with Gasteiger partial charge in [0, 0.05) is 18.8 Å². The van der Waals surface area contributed by atoms with Gasteiger partial charge in [0.25, 0.3) is 0 Å². The van der Waals surface area contributed by atoms with Crippen LogP contribution in [0.4, 0.5) is 4.79 Å². The summed E-state index contributed by atoms with van der Waals surface area (Å²) in [4.78, 5) is 40.5. The second-order valence-corrected chi connectivity index (χ2v) is 9.34. The maximum atomic E-state index is 13.5. The van der Waals surface area contributed by atoms with E-state index in [1.807, 2.05) is 31.2 Å². The van der Waals surface area contributed by atoms with Gasteiger partial charge in [-0.2, -0.15) is 12.6 Å². The number of ether oxygens (including phenoxy) is 1. The number of nitrogens with zero attached hydrogens (tertiary/aromatic N) is 1. The molecule has 0 saturated carbocycles. The van der Waals surface area contributed by atoms with Crippen molar-refractivity contribution in [3.05, 3.63) is 48.0 Å². The minimum atomic E-state index is -0.969. The molecule has 0 aliphatic carbocycles. The van der Waals surface area contributed by atoms with Gasteiger partial charge in [0.2, 0.25) is 11.8 Å². The number of unbranched alkanes of at least 4 members (excludes halogenated alkanes) is 2. The quantitative estimate of drug-likeness (QED) is 0.239. The second kappa shape index (κ2) is 13.9. The average molecular weight is 478 g/mol. The van der Waals surface area contributed by atoms with E-state index >= 15 is 0 Å². The van der Waals surface area contributed by atoms with Crippen LogP contribution in [0.5, 0.6) is 0 Å². The highest BCUT2D eigenvalue weighted by atomic mass is 32.1. The zero-order valence-corrected chi connectivity index (χ0v) is 21.4. The summed E-state index contributed by atoms with van der Waals surface area (Å²) in [5, 5.41) is 5.54. The first kappa shape index (κ1) is 28.6. The van der Waals surface area contributed by atoms with Gasteiger partial charge in [0.05, 0.1) is 0 Å². The van der Waals surface area contributed by atoms with Crippen molar-refractivity contribution >= 4 is 30.5 Å². The number of carbonyl (C=O) groups is 3. The molecule has 0 aromatic heterocycles. The fraction of sp³-hybridized carbons (Fsp3) is 0.560. The highest BCUT2D eigenvalue weighted by Gasteiger charge is 2.35. The molecular formula is C25H39N3O4S. The summed E-state index contributed by atoms with van der Waals surface area (Å²) in [6, 6.07) is 5.64. The number of carbonyl (C=O) groups excluding carboxylic acids is 3. The van der Waals surface area contributed by atoms with Crippen molar-refractivity contribution in [3.63, 3.8) is 0 Å². The zero-order chi connectivity index (χ0) is 25.0. The number of thiol groups is 1. The van der Waals surface area contributed by atoms with E-state index in [1.165, 1.54) is 4.90 Å². The SMILES string of the molecule is C=CCN(C(=O)C(CS)NC(=O)OC(C)(C)C)C(C(=O)NCCCCC)c1ccc(C)cc1. The van der Waals surface area contributed by atoms with Gasteiger partial charge in [-0.1, -0.05) is 55.7 Å². The number of aryl methyl sites for hydroxylation is 1. The summed E-state index contributed by atoms with van der Waals surface area (Å²) < 4.78 is 5.29. The van der Waals surface area contributed by atoms with Crippen molar-refractivity contribution < 1.29 is 19.1 Å². The number of hydrogen-bond acceptors (Lipinski definition) is 5. The van der Waals surface area contributed by atoms with Crippen LogP contribution >= 0.6 is 12.6 Å². The summed E-state index contributed by atoms with van der Waals surface area (Å²) in [5.74, 6) is -0.671. The molecule has 0 spiro atoms. The molecule has 0 radical (unpaired) electrons. The Morgan fingerprint density at radius 3 is 2.33 bits per heavy atom. The number of amides is 3. The molecule has 3 amide bonds. The van der Waals surface area contributed by atoms with Crippen LogP contribution in [0, 0.1) is 6.92 Å². The van der Waals surface area contributed by atoms with Gasteiger partial charge < -0.3 is 20.3 Å². The molecule has 1 aromatic rings. The van der Waals surface area contributed by atoms with Crippen LogP contribution < -0.4 is 10.6 Å². The predicted octanol–water partition coefficient (Wildman–Crippen LogP) is 4.18. The fourth-order valence-electron chi connectivity index (χ4n) is 3.20. The Kier molecular flexibility index (Phi) is 12.1. The third-order valence-corrected chi connectivity index (χ3v) is 5.18. The molecule has 1 rings (SSSR count). The normalized spacial score (nSPS) is 12.9. The van der Waals surface area contributed by atoms with Crippen molar-refractivity contribution in [2.45, 2.75) is 71.6 Å². The van der Waals surface area contributed by atoms with Crippen LogP contribution in [-0.2, 0) is 14.3 Å². The molecule has 7 nitrogen and oxygen atoms in total. The third kappa shape index (κ3) is 9.90. The van der Waals surface area contributed by atoms with Crippen LogP contribution in [-0.4, -0.2) is 53.3 Å². The Balaban J connectivity index is 3.22. The lowest BCUT2D eigenvalue weighted by Gasteiger charge is -2.33. The Morgan fingerprint density at radius 2 is 1.82 bits per heavy atom. The van der Waals surface area contributed by atoms with Gasteiger partial charge in [0.1, 0.15) is 17.7 Å². The van der Waals surface area contributed by atoms with Gasteiger partial charge in [0.15, 0.2) is 0 Å². The molecule has 0 aliphatic heterocycles. The number of nitrogens with one attached hydrogen (secondary N) is 2. The maximum Gasteiger partial charge on any atom is 0.408 e. The monoisotopic (exact) mass is 477 g/mol. The second-order valence-electron chi connectivity index (χ2n) is 8.97. The fourth-order valence-corrected chi connectivity index (χ4v) is 3.45. The van der Waals surface area contributed by atoms with Gasteiger partial charge in [-0.25, -0.2) is 4.79 Å². The van der Waals surface area contributed by atoms with E-state index in [0.29, 0.717) is 12.1 Å². The molecule has 0 aliphatic rings. The number of benzene rings is 1. The first-order valence-corrected chi connectivity index (χ1v) is 12.0. The maximum absolute atomic E-state index is 13.5. The summed E-state index contributed by atoms with van der Waals surface area (Å²) in [6.07, 6.45) is 3.75. The van der Waals surface area contributed by atoms with Gasteiger partial charge in [-0.15, -0.1) is 6.58 Å². The number of hydrogen-bond donors (Lipinski definition) is 3. The Bertz CT molecular complexity index is 790. The van der Waals surface area contributed by atoms with Gasteiger partial charge >= 0.3 is 6.09 Å². The van der Waals surface area contributed by atoms with Crippen molar-refractivity contribution in [3.8, 4) is 0 Å². The Morgan fingerprint density at radius 1 is 1.18 bits per heavy atom. The first-order chi connectivity index (χ1) is 15.5. The van der Waals surface area contributed by atoms with E-state index in [9.17, 15) is 14.4 Å². The van der Waals surface area contributed by atoms with Crippen molar-refractivity contribution in [1.82, 2.24) is 15.5 Å². The van der Waals surface area contributed by atoms with E-state index < -0.39 is 29.7 Å². The van der Waals surface area contributed by atoms with Gasteiger partial charge in [-0.05, 0) is 39.7 Å². The van der Waals surface area contributed by atoms with Crippen molar-refractivity contribution in [1.29, 1.82) is 0 Å². The lowest BCUT2D eigenvalue weighted by molar-refractivity contribution is -0.141. The molecule has 0 fully saturated rings. The smallest absolute Gasteiger partial charge is 0.408 e. The van der Waals surface area contributed by atoms with E-state index in [1.54, 1.807) is 26.8 Å². The highest BCUT2D eigenvalue weighted by Crippen LogP contribution is 2.23. The molecule has 8 heteroatoms. The van der Waals surface area contributed by atoms with Crippen molar-refractivity contribution in [2.75, 3.05) is 18.8 Å². The summed E-state index contributed by atoms with van der Waals surface area (Å²) in [5.41, 5.74) is 1.01. The van der Waals surface area contributed by atoms with E-state index in [0.717, 1.165) is 24.8 Å². The highest BCUT2D eigenvalue weighted by molar-refractivity contribution is 7.80. The van der Waals surface area contributed by atoms with Crippen LogP contribution in [0.2, 0.25) is 0 Å². The molecule has 184 valence electrons. The molecular weight excluding hydrogens is 438 g/mol. The summed E-state index contributed by atoms with van der Waals surface area (Å²) >= 11 is 4.26. The molecule has 0 saturated heterocycles. The average Bonchev–Trinajstić information content (AvgIpc) is 2.74. The molecule has 33 heavy (non-hydrogen) atoms. The summed E-state index contributed by atoms with van der Waals surface area (Å²) in [7, 11) is 0. The van der Waals surface area contributed by atoms with Crippen LogP contribution in [0.25, 0.3) is 0 Å². The van der Waals surface area contributed by atoms with E-state index in [4.69, 9.17) is 4.74 Å². The first-order valence-electron chi connectivity index (χ1n) is 11.4. The van der Waals surface area contributed by atoms with Gasteiger partial charge in [-0.3, -0.25) is 9.59 Å². The van der Waals surface area contributed by atoms with Crippen molar-refractivity contribution in [2.24, 2.45) is 0 Å². The molecule has 2 unspecified atom stereocenters. The van der Waals surface area contributed by atoms with Crippen LogP contribution in [0.15, 0.2) is 36.9 Å². The standard InChI is InChI=1S/C25H39N3O4S/c1-7-9-10-15-26-22(29)21(19-13-11-18(3)12-14-19)28(16-8-2)23(30)20(17-33)27-24(31)32-25(4,5)6/h8,11-14,20-21,33H,2,7,9-10,15-17H2,1,3-6H3,(H,26,29)(H,27,31). The number of rotatable bonds is 12. The molecule has 2 N–H and O–H groups in total. The topological polar surface area (TPSA) is 87.7 Å². The third-order valence-electron chi connectivity index (χ3n) is 4.81. The molecule has 0 heterocycles. The minimum Gasteiger partial charge on any atom is -0.444 e. The number of alkyl carbamates (subject to hydrolysis) is 1. The van der Waals surface area contributed by atoms with Crippen LogP contribution in [0.1, 0.15) is 64.1 Å². The largest absolute Gasteiger partial charge is 0.444 e. The van der Waals surface area contributed by atoms with E-state index in [-0.39, 0.29) is 18.2 Å². The molecule has 1 aromatic carbocycles. The zero-order valence-electron chi connectivity index (χ0n) is 20.5. The Hall–Kier alpha value is -2.48. The predicted molar refractivity (Wildman–Crippen MR) is 135 cm³/mol. The lowest BCUT2D eigenvalue weighted by atomic mass is 10.0. The van der Waals surface area contributed by atoms with Crippen LogP contribution in [0.3, 0.4) is 0 Å².